The first-order valence-corrected chi connectivity index (χ1v) is 41.3. The molecule has 114 heavy (non-hydrogen) atoms. The number of nitrogens with two attached hydrogens (primary N) is 1. The lowest BCUT2D eigenvalue weighted by Crippen LogP contribution is -2.67. The number of pyridine rings is 1. The van der Waals surface area contributed by atoms with Crippen LogP contribution in [0.2, 0.25) is 0 Å². The maximum absolute atomic E-state index is 15.3. The van der Waals surface area contributed by atoms with Gasteiger partial charge in [-0.15, -0.1) is 0 Å². The minimum atomic E-state index is -3.72. The Morgan fingerprint density at radius 3 is 1.81 bits per heavy atom. The number of phenolic OH excluding ortho intramolecular Hbond substituents is 1. The van der Waals surface area contributed by atoms with E-state index >= 15 is 4.79 Å². The van der Waals surface area contributed by atoms with Gasteiger partial charge in [0.15, 0.2) is 0 Å². The Morgan fingerprint density at radius 2 is 1.22 bits per heavy atom. The van der Waals surface area contributed by atoms with Gasteiger partial charge in [0.05, 0.1) is 18.5 Å². The van der Waals surface area contributed by atoms with Gasteiger partial charge in [0, 0.05) is 79.2 Å². The van der Waals surface area contributed by atoms with Crippen LogP contribution in [-0.4, -0.2) is 223 Å². The number of carbonyl (C=O) groups excluding carboxylic acids is 13. The van der Waals surface area contributed by atoms with Crippen LogP contribution < -0.4 is 68.9 Å². The molecule has 0 aliphatic carbocycles. The Hall–Kier alpha value is -10.4. The third-order valence-electron chi connectivity index (χ3n) is 19.5. The zero-order valence-corrected chi connectivity index (χ0v) is 68.4. The SMILES string of the molecule is CC(=O)N[C@H]1CSCc2cccc(c2)CSC[C@@H](C(N)=O)NC(=O)[C@H]([C@@H](C)O)NC(=O)[C@](C)(C(C)C)NC(=O)[C@H](Cc2ccc(O)cc2)NC(=O)[C@H](C)NC(=O)C(C)(C)NC(=O)[C@H](Cc2c[nH]c3ncccc23)NC(=O)[C@H]([C@@H](C)O)NC(=O)[C@@H]2CCCN2C(=O)[C@H](Cc2ccc(NS(C)(=O)=O)cc2)NC(=O)[C@H](C(C)(C)C)NC1=O. The van der Waals surface area contributed by atoms with Gasteiger partial charge in [0.25, 0.3) is 0 Å². The highest BCUT2D eigenvalue weighted by Crippen LogP contribution is 2.27. The Labute approximate surface area is 670 Å². The second kappa shape index (κ2) is 39.6. The van der Waals surface area contributed by atoms with Gasteiger partial charge >= 0.3 is 0 Å². The number of aromatic nitrogens is 2. The predicted octanol–water partition coefficient (Wildman–Crippen LogP) is -0.0392. The van der Waals surface area contributed by atoms with Gasteiger partial charge in [-0.25, -0.2) is 13.4 Å². The molecule has 18 N–H and O–H groups in total. The maximum Gasteiger partial charge on any atom is 0.246 e. The van der Waals surface area contributed by atoms with Gasteiger partial charge in [-0.1, -0.05) is 83.1 Å². The summed E-state index contributed by atoms with van der Waals surface area (Å²) in [4.78, 5) is 196. The van der Waals surface area contributed by atoms with Crippen LogP contribution in [0.3, 0.4) is 0 Å². The molecule has 2 aromatic heterocycles. The van der Waals surface area contributed by atoms with Crippen LogP contribution in [0.15, 0.2) is 97.3 Å². The van der Waals surface area contributed by atoms with E-state index in [9.17, 15) is 81.3 Å². The van der Waals surface area contributed by atoms with Crippen molar-refractivity contribution < 1.29 is 86.1 Å². The van der Waals surface area contributed by atoms with E-state index in [2.05, 4.69) is 73.2 Å². The normalized spacial score (nSPS) is 25.3. The zero-order chi connectivity index (χ0) is 84.5. The lowest BCUT2D eigenvalue weighted by Gasteiger charge is -2.36. The van der Waals surface area contributed by atoms with Gasteiger partial charge in [0.2, 0.25) is 86.8 Å². The monoisotopic (exact) mass is 1640 g/mol. The lowest BCUT2D eigenvalue weighted by molar-refractivity contribution is -0.143. The second-order valence-electron chi connectivity index (χ2n) is 30.9. The van der Waals surface area contributed by atoms with E-state index in [1.165, 1.54) is 132 Å². The van der Waals surface area contributed by atoms with Crippen molar-refractivity contribution in [3.8, 4) is 5.75 Å². The average molecular weight is 1640 g/mol. The van der Waals surface area contributed by atoms with Crippen LogP contribution in [0, 0.1) is 11.3 Å². The summed E-state index contributed by atoms with van der Waals surface area (Å²) in [5.41, 5.74) is 4.28. The Kier molecular flexibility index (Phi) is 31.5. The van der Waals surface area contributed by atoms with Crippen LogP contribution in [0.25, 0.3) is 11.0 Å². The number of carbonyl (C=O) groups is 13. The van der Waals surface area contributed by atoms with Crippen molar-refractivity contribution in [2.45, 2.75) is 210 Å². The van der Waals surface area contributed by atoms with Crippen molar-refractivity contribution in [2.75, 3.05) is 29.0 Å². The molecule has 2 bridgehead atoms. The number of nitrogens with zero attached hydrogens (tertiary/aromatic N) is 2. The molecular weight excluding hydrogens is 1530 g/mol. The van der Waals surface area contributed by atoms with E-state index in [0.29, 0.717) is 33.5 Å². The van der Waals surface area contributed by atoms with Crippen LogP contribution in [0.1, 0.15) is 124 Å². The highest BCUT2D eigenvalue weighted by atomic mass is 32.2. The molecule has 0 spiro atoms. The predicted molar refractivity (Wildman–Crippen MR) is 428 cm³/mol. The first-order valence-electron chi connectivity index (χ1n) is 37.1. The molecule has 13 atom stereocenters. The molecule has 1 fully saturated rings. The molecule has 0 saturated carbocycles. The summed E-state index contributed by atoms with van der Waals surface area (Å²) >= 11 is 2.49. The summed E-state index contributed by atoms with van der Waals surface area (Å²) in [6, 6.07) is 7.16. The first-order chi connectivity index (χ1) is 53.3. The molecule has 37 heteroatoms. The smallest absolute Gasteiger partial charge is 0.246 e. The summed E-state index contributed by atoms with van der Waals surface area (Å²) in [5, 5.41) is 62.1. The third-order valence-corrected chi connectivity index (χ3v) is 22.3. The topological polar surface area (TPSA) is 519 Å². The van der Waals surface area contributed by atoms with Gasteiger partial charge in [0.1, 0.15) is 82.9 Å². The molecule has 1 saturated heterocycles. The molecule has 2 aliphatic rings. The number of aliphatic hydroxyl groups is 2. The van der Waals surface area contributed by atoms with E-state index in [0.717, 1.165) is 17.4 Å². The van der Waals surface area contributed by atoms with E-state index in [1.54, 1.807) is 59.0 Å². The van der Waals surface area contributed by atoms with Crippen LogP contribution >= 0.6 is 23.5 Å². The van der Waals surface area contributed by atoms with E-state index in [4.69, 9.17) is 5.73 Å². The first kappa shape index (κ1) is 90.8. The van der Waals surface area contributed by atoms with Gasteiger partial charge in [-0.3, -0.25) is 67.1 Å². The largest absolute Gasteiger partial charge is 0.508 e. The van der Waals surface area contributed by atoms with Crippen molar-refractivity contribution in [2.24, 2.45) is 17.1 Å². The average Bonchev–Trinajstić information content (AvgIpc) is 1.34. The number of amides is 13. The molecule has 5 aromatic rings. The van der Waals surface area contributed by atoms with Gasteiger partial charge in [-0.05, 0) is 130 Å². The Bertz CT molecular complexity index is 4460. The Morgan fingerprint density at radius 1 is 0.658 bits per heavy atom. The number of aromatic amines is 1. The van der Waals surface area contributed by atoms with E-state index < -0.39 is 182 Å². The summed E-state index contributed by atoms with van der Waals surface area (Å²) in [6.07, 6.45) is 0.168. The lowest BCUT2D eigenvalue weighted by atomic mass is 9.85. The highest BCUT2D eigenvalue weighted by molar-refractivity contribution is 7.98. The minimum Gasteiger partial charge on any atom is -0.508 e. The number of anilines is 1. The maximum atomic E-state index is 15.3. The molecular formula is C77H106N16O18S3. The summed E-state index contributed by atoms with van der Waals surface area (Å²) in [5.74, 6) is -12.1. The number of rotatable bonds is 13. The second-order valence-corrected chi connectivity index (χ2v) is 34.7. The summed E-state index contributed by atoms with van der Waals surface area (Å²) in [7, 11) is -3.72. The number of nitrogens with one attached hydrogen (secondary N) is 13. The third kappa shape index (κ3) is 25.6. The number of hydrogen-bond acceptors (Lipinski definition) is 21. The van der Waals surface area contributed by atoms with Gasteiger partial charge in [-0.2, -0.15) is 23.5 Å². The van der Waals surface area contributed by atoms with E-state index in [1.807, 2.05) is 18.2 Å². The Balaban J connectivity index is 1.24. The number of hydrogen-bond donors (Lipinski definition) is 17. The fourth-order valence-electron chi connectivity index (χ4n) is 12.6. The number of fused-ring (bicyclic) bond motifs is 4. The van der Waals surface area contributed by atoms with Crippen molar-refractivity contribution in [3.05, 3.63) is 125 Å². The molecule has 34 nitrogen and oxygen atoms in total. The number of H-pyrrole nitrogens is 1. The van der Waals surface area contributed by atoms with Crippen LogP contribution in [0.4, 0.5) is 5.69 Å². The molecule has 0 unspecified atom stereocenters. The quantitative estimate of drug-likeness (QED) is 0.0735. The number of primary amides is 1. The number of aliphatic hydroxyl groups excluding tert-OH is 2. The number of benzene rings is 3. The minimum absolute atomic E-state index is 0.0117. The van der Waals surface area contributed by atoms with Gasteiger partial charge < -0.3 is 89.4 Å². The standard InChI is InChI=1S/C77H106N16O18S3/c1-40(2)77(12)74(109)88-60(43(5)95)70(105)86-56(62(78)98)38-112-36-47-17-14-18-48(31-47)37-113-39-57(82-44(6)96)65(100)89-61(75(7,8)9)71(106)85-55(33-45-21-25-50(26-22-45)92-114(13,110)111)72(107)93-30-16-20-58(93)68(103)87-59(42(4)94)69(104)84-54(34-49-35-80-63-52(49)19-15-29-79-63)66(101)90-76(10,11)73(108)81-41(3)64(99)83-53(67(102)91-77)32-46-23-27-51(97)28-24-46/h14-15,17-19,21-29,31,35,40-43,53-61,92,94-95,97H,16,20,30,32-34,36-39H2,1-13H3,(H2,78,98)(H,79,80)(H,81,108)(H,82,96)(H,83,99)(H,84,104)(H,85,106)(H,86,105)(H,87,103)(H,88,109)(H,89,100)(H,90,101)(H,91,102)/t41-,42+,43+,53-,54-,55-,56-,57-,58-,59-,60-,61+,77-/m0/s1. The summed E-state index contributed by atoms with van der Waals surface area (Å²) < 4.78 is 26.7. The molecule has 3 aromatic carbocycles. The molecule has 13 amide bonds. The molecule has 620 valence electrons. The molecule has 0 radical (unpaired) electrons. The van der Waals surface area contributed by atoms with Crippen molar-refractivity contribution in [1.82, 2.24) is 73.4 Å². The number of aromatic hydroxyl groups is 1. The number of phenols is 1. The van der Waals surface area contributed by atoms with Crippen molar-refractivity contribution >= 4 is 127 Å². The fourth-order valence-corrected chi connectivity index (χ4v) is 15.2. The van der Waals surface area contributed by atoms with Crippen molar-refractivity contribution in [1.29, 1.82) is 0 Å². The summed E-state index contributed by atoms with van der Waals surface area (Å²) in [6.45, 7) is 17.0. The number of thioether (sulfide) groups is 2. The van der Waals surface area contributed by atoms with E-state index in [-0.39, 0.29) is 67.3 Å². The zero-order valence-electron chi connectivity index (χ0n) is 66.0. The molecule has 2 aliphatic heterocycles. The van der Waals surface area contributed by atoms with Crippen molar-refractivity contribution in [3.63, 3.8) is 0 Å². The van der Waals surface area contributed by atoms with Crippen LogP contribution in [-0.2, 0) is 103 Å². The van der Waals surface area contributed by atoms with Crippen LogP contribution in [0.5, 0.6) is 5.75 Å². The fraction of sp³-hybridized carbons (Fsp3) is 0.506. The highest BCUT2D eigenvalue weighted by Gasteiger charge is 2.46. The molecule has 4 heterocycles. The number of sulfonamides is 1. The molecule has 7 rings (SSSR count).